The molecular weight excluding hydrogens is 194 g/mol. The van der Waals surface area contributed by atoms with Gasteiger partial charge in [-0.3, -0.25) is 4.79 Å². The van der Waals surface area contributed by atoms with E-state index >= 15 is 0 Å². The van der Waals surface area contributed by atoms with Gasteiger partial charge >= 0.3 is 0 Å². The number of aliphatic hydroxyl groups excluding tert-OH is 1. The van der Waals surface area contributed by atoms with Gasteiger partial charge in [-0.15, -0.1) is 0 Å². The summed E-state index contributed by atoms with van der Waals surface area (Å²) in [4.78, 5) is 13.7. The highest BCUT2D eigenvalue weighted by molar-refractivity contribution is 5.83. The summed E-state index contributed by atoms with van der Waals surface area (Å²) in [7, 11) is 5.39. The Morgan fingerprint density at radius 3 is 2.67 bits per heavy atom. The Kier molecular flexibility index (Phi) is 4.70. The summed E-state index contributed by atoms with van der Waals surface area (Å²) in [6, 6.07) is 0. The fourth-order valence-corrected chi connectivity index (χ4v) is 2.11. The molecule has 15 heavy (non-hydrogen) atoms. The Morgan fingerprint density at radius 2 is 2.13 bits per heavy atom. The van der Waals surface area contributed by atoms with Crippen LogP contribution in [0.1, 0.15) is 19.3 Å². The molecule has 88 valence electrons. The number of ketones is 1. The van der Waals surface area contributed by atoms with Gasteiger partial charge in [-0.2, -0.15) is 0 Å². The Morgan fingerprint density at radius 1 is 1.47 bits per heavy atom. The molecule has 0 aliphatic heterocycles. The van der Waals surface area contributed by atoms with E-state index in [0.29, 0.717) is 19.4 Å². The van der Waals surface area contributed by atoms with Crippen molar-refractivity contribution < 1.29 is 14.6 Å². The second kappa shape index (κ2) is 5.58. The SMILES string of the molecule is COC1CCC(O)C(C(=O)CN(C)C)C1. The number of Topliss-reactive ketones (excluding diaryl/α,β-unsaturated/α-hetero) is 1. The van der Waals surface area contributed by atoms with Gasteiger partial charge in [0.2, 0.25) is 0 Å². The normalized spacial score (nSPS) is 31.9. The lowest BCUT2D eigenvalue weighted by atomic mass is 9.82. The Balaban J connectivity index is 2.53. The highest BCUT2D eigenvalue weighted by atomic mass is 16.5. The number of aliphatic hydroxyl groups is 1. The van der Waals surface area contributed by atoms with Crippen molar-refractivity contribution in [3.05, 3.63) is 0 Å². The van der Waals surface area contributed by atoms with E-state index < -0.39 is 6.10 Å². The van der Waals surface area contributed by atoms with Crippen molar-refractivity contribution in [1.82, 2.24) is 4.90 Å². The van der Waals surface area contributed by atoms with Crippen LogP contribution in [0.15, 0.2) is 0 Å². The molecule has 3 atom stereocenters. The number of carbonyl (C=O) groups is 1. The second-order valence-corrected chi connectivity index (χ2v) is 4.55. The molecule has 1 N–H and O–H groups in total. The van der Waals surface area contributed by atoms with Crippen LogP contribution in [0.3, 0.4) is 0 Å². The largest absolute Gasteiger partial charge is 0.392 e. The van der Waals surface area contributed by atoms with Crippen LogP contribution in [0.4, 0.5) is 0 Å². The van der Waals surface area contributed by atoms with Crippen molar-refractivity contribution in [1.29, 1.82) is 0 Å². The van der Waals surface area contributed by atoms with E-state index in [-0.39, 0.29) is 17.8 Å². The van der Waals surface area contributed by atoms with Gasteiger partial charge in [-0.05, 0) is 33.4 Å². The van der Waals surface area contributed by atoms with Gasteiger partial charge in [0.05, 0.1) is 18.8 Å². The number of ether oxygens (including phenoxy) is 1. The smallest absolute Gasteiger partial charge is 0.152 e. The zero-order valence-electron chi connectivity index (χ0n) is 9.77. The van der Waals surface area contributed by atoms with E-state index in [1.54, 1.807) is 7.11 Å². The summed E-state index contributed by atoms with van der Waals surface area (Å²) in [6.07, 6.45) is 1.82. The van der Waals surface area contributed by atoms with Crippen LogP contribution in [-0.2, 0) is 9.53 Å². The van der Waals surface area contributed by atoms with E-state index in [1.807, 2.05) is 19.0 Å². The number of nitrogens with zero attached hydrogens (tertiary/aromatic N) is 1. The zero-order chi connectivity index (χ0) is 11.4. The fraction of sp³-hybridized carbons (Fsp3) is 0.909. The molecule has 0 spiro atoms. The molecule has 1 saturated carbocycles. The highest BCUT2D eigenvalue weighted by Crippen LogP contribution is 2.27. The first kappa shape index (κ1) is 12.6. The van der Waals surface area contributed by atoms with E-state index in [2.05, 4.69) is 0 Å². The molecule has 0 bridgehead atoms. The first-order valence-electron chi connectivity index (χ1n) is 5.43. The van der Waals surface area contributed by atoms with Gasteiger partial charge in [0.1, 0.15) is 0 Å². The second-order valence-electron chi connectivity index (χ2n) is 4.55. The molecule has 1 rings (SSSR count). The Bertz CT molecular complexity index is 218. The van der Waals surface area contributed by atoms with E-state index in [0.717, 1.165) is 6.42 Å². The topological polar surface area (TPSA) is 49.8 Å². The molecular formula is C11H21NO3. The van der Waals surface area contributed by atoms with Gasteiger partial charge < -0.3 is 14.7 Å². The Labute approximate surface area is 91.2 Å². The molecule has 0 saturated heterocycles. The first-order valence-corrected chi connectivity index (χ1v) is 5.43. The lowest BCUT2D eigenvalue weighted by molar-refractivity contribution is -0.131. The Hall–Kier alpha value is -0.450. The highest BCUT2D eigenvalue weighted by Gasteiger charge is 2.33. The molecule has 0 heterocycles. The minimum absolute atomic E-state index is 0.120. The molecule has 4 nitrogen and oxygen atoms in total. The number of likely N-dealkylation sites (N-methyl/N-ethyl adjacent to an activating group) is 1. The molecule has 4 heteroatoms. The van der Waals surface area contributed by atoms with Crippen LogP contribution in [0, 0.1) is 5.92 Å². The predicted molar refractivity (Wildman–Crippen MR) is 57.7 cm³/mol. The van der Waals surface area contributed by atoms with Crippen LogP contribution < -0.4 is 0 Å². The van der Waals surface area contributed by atoms with Gasteiger partial charge in [-0.25, -0.2) is 0 Å². The molecule has 1 aliphatic rings. The van der Waals surface area contributed by atoms with Crippen LogP contribution in [-0.4, -0.2) is 55.7 Å². The zero-order valence-corrected chi connectivity index (χ0v) is 9.77. The van der Waals surface area contributed by atoms with E-state index in [4.69, 9.17) is 4.74 Å². The van der Waals surface area contributed by atoms with Crippen LogP contribution in [0.25, 0.3) is 0 Å². The molecule has 0 radical (unpaired) electrons. The summed E-state index contributed by atoms with van der Waals surface area (Å²) in [5, 5.41) is 9.77. The van der Waals surface area contributed by atoms with Gasteiger partial charge in [0.15, 0.2) is 5.78 Å². The molecule has 1 aliphatic carbocycles. The average Bonchev–Trinajstić information content (AvgIpc) is 2.17. The maximum absolute atomic E-state index is 11.8. The van der Waals surface area contributed by atoms with Gasteiger partial charge in [0, 0.05) is 13.0 Å². The van der Waals surface area contributed by atoms with Gasteiger partial charge in [-0.1, -0.05) is 0 Å². The van der Waals surface area contributed by atoms with Crippen molar-refractivity contribution in [3.63, 3.8) is 0 Å². The fourth-order valence-electron chi connectivity index (χ4n) is 2.11. The summed E-state index contributed by atoms with van der Waals surface area (Å²) < 4.78 is 5.25. The standard InChI is InChI=1S/C11H21NO3/c1-12(2)7-11(14)9-6-8(15-3)4-5-10(9)13/h8-10,13H,4-7H2,1-3H3. The van der Waals surface area contributed by atoms with Crippen molar-refractivity contribution in [3.8, 4) is 0 Å². The summed E-state index contributed by atoms with van der Waals surface area (Å²) in [5.41, 5.74) is 0. The quantitative estimate of drug-likeness (QED) is 0.732. The summed E-state index contributed by atoms with van der Waals surface area (Å²) in [5.74, 6) is -0.125. The van der Waals surface area contributed by atoms with Crippen LogP contribution >= 0.6 is 0 Å². The predicted octanol–water partition coefficient (Wildman–Crippen LogP) is 0.293. The third-order valence-corrected chi connectivity index (χ3v) is 2.98. The third-order valence-electron chi connectivity index (χ3n) is 2.98. The molecule has 3 unspecified atom stereocenters. The number of methoxy groups -OCH3 is 1. The molecule has 0 aromatic carbocycles. The van der Waals surface area contributed by atoms with Crippen molar-refractivity contribution in [2.45, 2.75) is 31.5 Å². The number of carbonyl (C=O) groups excluding carboxylic acids is 1. The lowest BCUT2D eigenvalue weighted by Gasteiger charge is -2.32. The molecule has 1 fully saturated rings. The molecule has 0 aromatic rings. The van der Waals surface area contributed by atoms with Crippen molar-refractivity contribution >= 4 is 5.78 Å². The van der Waals surface area contributed by atoms with Crippen LogP contribution in [0.5, 0.6) is 0 Å². The van der Waals surface area contributed by atoms with Crippen LogP contribution in [0.2, 0.25) is 0 Å². The maximum atomic E-state index is 11.8. The minimum atomic E-state index is -0.483. The minimum Gasteiger partial charge on any atom is -0.392 e. The van der Waals surface area contributed by atoms with E-state index in [9.17, 15) is 9.90 Å². The summed E-state index contributed by atoms with van der Waals surface area (Å²) in [6.45, 7) is 0.401. The maximum Gasteiger partial charge on any atom is 0.152 e. The lowest BCUT2D eigenvalue weighted by Crippen LogP contribution is -2.40. The first-order chi connectivity index (χ1) is 7.04. The van der Waals surface area contributed by atoms with Crippen molar-refractivity contribution in [2.75, 3.05) is 27.7 Å². The summed E-state index contributed by atoms with van der Waals surface area (Å²) >= 11 is 0. The molecule has 0 amide bonds. The average molecular weight is 215 g/mol. The molecule has 0 aromatic heterocycles. The van der Waals surface area contributed by atoms with E-state index in [1.165, 1.54) is 0 Å². The van der Waals surface area contributed by atoms with Gasteiger partial charge in [0.25, 0.3) is 0 Å². The van der Waals surface area contributed by atoms with Crippen molar-refractivity contribution in [2.24, 2.45) is 5.92 Å². The third kappa shape index (κ3) is 3.55. The number of hydrogen-bond donors (Lipinski definition) is 1. The number of rotatable bonds is 4. The number of hydrogen-bond acceptors (Lipinski definition) is 4. The monoisotopic (exact) mass is 215 g/mol.